The molecule has 18 heavy (non-hydrogen) atoms. The normalized spacial score (nSPS) is 20.8. The van der Waals surface area contributed by atoms with E-state index in [1.807, 2.05) is 12.1 Å². The van der Waals surface area contributed by atoms with Crippen molar-refractivity contribution < 1.29 is 5.11 Å². The van der Waals surface area contributed by atoms with Crippen molar-refractivity contribution >= 4 is 21.6 Å². The van der Waals surface area contributed by atoms with Gasteiger partial charge in [0, 0.05) is 17.6 Å². The minimum absolute atomic E-state index is 0.390. The molecular formula is C15H22BrNO. The van der Waals surface area contributed by atoms with Gasteiger partial charge in [-0.05, 0) is 58.8 Å². The lowest BCUT2D eigenvalue weighted by atomic mass is 9.84. The van der Waals surface area contributed by atoms with Crippen molar-refractivity contribution in [2.45, 2.75) is 39.7 Å². The Labute approximate surface area is 118 Å². The van der Waals surface area contributed by atoms with Gasteiger partial charge < -0.3 is 10.0 Å². The van der Waals surface area contributed by atoms with Gasteiger partial charge in [-0.15, -0.1) is 0 Å². The predicted octanol–water partition coefficient (Wildman–Crippen LogP) is 4.13. The lowest BCUT2D eigenvalue weighted by Crippen LogP contribution is -2.40. The van der Waals surface area contributed by atoms with Crippen LogP contribution in [0.25, 0.3) is 0 Å². The van der Waals surface area contributed by atoms with Gasteiger partial charge in [-0.25, -0.2) is 0 Å². The summed E-state index contributed by atoms with van der Waals surface area (Å²) in [5.74, 6) is 0. The van der Waals surface area contributed by atoms with E-state index in [0.717, 1.165) is 23.1 Å². The molecule has 1 heterocycles. The van der Waals surface area contributed by atoms with Gasteiger partial charge in [0.05, 0.1) is 11.8 Å². The number of hydrogen-bond acceptors (Lipinski definition) is 2. The number of aliphatic hydroxyl groups excluding tert-OH is 1. The molecule has 1 saturated heterocycles. The maximum atomic E-state index is 9.60. The Morgan fingerprint density at radius 2 is 2.11 bits per heavy atom. The second-order valence-corrected chi connectivity index (χ2v) is 6.93. The molecule has 0 amide bonds. The van der Waals surface area contributed by atoms with E-state index >= 15 is 0 Å². The molecule has 0 spiro atoms. The third-order valence-electron chi connectivity index (χ3n) is 3.70. The number of anilines is 1. The first-order valence-electron chi connectivity index (χ1n) is 6.61. The summed E-state index contributed by atoms with van der Waals surface area (Å²) in [4.78, 5) is 2.44. The zero-order valence-electron chi connectivity index (χ0n) is 11.4. The molecule has 1 aromatic rings. The van der Waals surface area contributed by atoms with Crippen LogP contribution in [0.5, 0.6) is 0 Å². The summed E-state index contributed by atoms with van der Waals surface area (Å²) in [5, 5.41) is 9.60. The van der Waals surface area contributed by atoms with Crippen LogP contribution in [0.4, 0.5) is 5.69 Å². The van der Waals surface area contributed by atoms with Crippen LogP contribution < -0.4 is 4.90 Å². The zero-order chi connectivity index (χ0) is 13.3. The lowest BCUT2D eigenvalue weighted by Gasteiger charge is -2.40. The van der Waals surface area contributed by atoms with Crippen molar-refractivity contribution in [2.24, 2.45) is 5.41 Å². The number of aliphatic hydroxyl groups is 1. The summed E-state index contributed by atoms with van der Waals surface area (Å²) in [6.07, 6.45) is 2.14. The van der Waals surface area contributed by atoms with E-state index in [1.54, 1.807) is 6.92 Å². The Morgan fingerprint density at radius 1 is 1.39 bits per heavy atom. The van der Waals surface area contributed by atoms with E-state index in [9.17, 15) is 5.11 Å². The maximum absolute atomic E-state index is 9.60. The van der Waals surface area contributed by atoms with Crippen LogP contribution in [0.15, 0.2) is 22.7 Å². The third kappa shape index (κ3) is 3.07. The second-order valence-electron chi connectivity index (χ2n) is 6.08. The Hall–Kier alpha value is -0.540. The topological polar surface area (TPSA) is 23.5 Å². The van der Waals surface area contributed by atoms with Gasteiger partial charge in [0.1, 0.15) is 0 Å². The fourth-order valence-corrected chi connectivity index (χ4v) is 3.32. The molecule has 100 valence electrons. The minimum atomic E-state index is -0.409. The van der Waals surface area contributed by atoms with Crippen LogP contribution in [0.1, 0.15) is 45.3 Å². The van der Waals surface area contributed by atoms with Crippen molar-refractivity contribution in [3.05, 3.63) is 28.2 Å². The van der Waals surface area contributed by atoms with E-state index in [0.29, 0.717) is 5.41 Å². The molecule has 0 unspecified atom stereocenters. The van der Waals surface area contributed by atoms with Gasteiger partial charge in [-0.2, -0.15) is 0 Å². The molecule has 0 radical (unpaired) electrons. The van der Waals surface area contributed by atoms with Crippen molar-refractivity contribution in [1.82, 2.24) is 0 Å². The summed E-state index contributed by atoms with van der Waals surface area (Å²) < 4.78 is 1.08. The van der Waals surface area contributed by atoms with Crippen LogP contribution in [0.3, 0.4) is 0 Å². The molecule has 1 aliphatic rings. The Kier molecular flexibility index (Phi) is 4.02. The molecule has 1 N–H and O–H groups in total. The summed E-state index contributed by atoms with van der Waals surface area (Å²) >= 11 is 3.64. The van der Waals surface area contributed by atoms with Crippen LogP contribution in [0, 0.1) is 5.41 Å². The largest absolute Gasteiger partial charge is 0.389 e. The highest BCUT2D eigenvalue weighted by Gasteiger charge is 2.27. The fourth-order valence-electron chi connectivity index (χ4n) is 2.67. The van der Waals surface area contributed by atoms with E-state index < -0.39 is 6.10 Å². The molecule has 0 bridgehead atoms. The molecular weight excluding hydrogens is 290 g/mol. The highest BCUT2D eigenvalue weighted by Crippen LogP contribution is 2.35. The number of rotatable bonds is 2. The first-order chi connectivity index (χ1) is 8.39. The van der Waals surface area contributed by atoms with Gasteiger partial charge >= 0.3 is 0 Å². The summed E-state index contributed by atoms with van der Waals surface area (Å²) in [7, 11) is 0. The molecule has 1 atom stereocenters. The number of halogens is 1. The van der Waals surface area contributed by atoms with Gasteiger partial charge in [0.2, 0.25) is 0 Å². The molecule has 0 saturated carbocycles. The Balaban J connectivity index is 2.23. The Morgan fingerprint density at radius 3 is 2.67 bits per heavy atom. The third-order valence-corrected chi connectivity index (χ3v) is 4.33. The quantitative estimate of drug-likeness (QED) is 0.887. The zero-order valence-corrected chi connectivity index (χ0v) is 13.0. The average Bonchev–Trinajstić information content (AvgIpc) is 2.27. The number of hydrogen-bond donors (Lipinski definition) is 1. The molecule has 0 aromatic heterocycles. The van der Waals surface area contributed by atoms with Crippen molar-refractivity contribution in [3.63, 3.8) is 0 Å². The molecule has 1 aliphatic heterocycles. The molecule has 2 rings (SSSR count). The average molecular weight is 312 g/mol. The number of benzene rings is 1. The highest BCUT2D eigenvalue weighted by atomic mass is 79.9. The van der Waals surface area contributed by atoms with E-state index in [2.05, 4.69) is 40.7 Å². The summed E-state index contributed by atoms with van der Waals surface area (Å²) in [6.45, 7) is 8.68. The molecule has 2 nitrogen and oxygen atoms in total. The second kappa shape index (κ2) is 5.22. The lowest BCUT2D eigenvalue weighted by molar-refractivity contribution is 0.199. The summed E-state index contributed by atoms with van der Waals surface area (Å²) in [5.41, 5.74) is 2.59. The van der Waals surface area contributed by atoms with Crippen LogP contribution in [0.2, 0.25) is 0 Å². The van der Waals surface area contributed by atoms with Gasteiger partial charge in [0.15, 0.2) is 0 Å². The molecule has 1 fully saturated rings. The number of nitrogens with zero attached hydrogens (tertiary/aromatic N) is 1. The van der Waals surface area contributed by atoms with E-state index in [-0.39, 0.29) is 0 Å². The maximum Gasteiger partial charge on any atom is 0.0762 e. The predicted molar refractivity (Wildman–Crippen MR) is 80.0 cm³/mol. The standard InChI is InChI=1S/C15H22BrNO/c1-11(18)12-5-6-14(13(16)9-12)17-8-4-7-15(2,3)10-17/h5-6,9,11,18H,4,7-8,10H2,1-3H3/t11-/m1/s1. The monoisotopic (exact) mass is 311 g/mol. The fraction of sp³-hybridized carbons (Fsp3) is 0.600. The van der Waals surface area contributed by atoms with Crippen molar-refractivity contribution in [1.29, 1.82) is 0 Å². The van der Waals surface area contributed by atoms with Gasteiger partial charge in [-0.3, -0.25) is 0 Å². The van der Waals surface area contributed by atoms with Gasteiger partial charge in [-0.1, -0.05) is 19.9 Å². The molecule has 1 aromatic carbocycles. The van der Waals surface area contributed by atoms with Crippen LogP contribution in [-0.4, -0.2) is 18.2 Å². The van der Waals surface area contributed by atoms with Crippen molar-refractivity contribution in [2.75, 3.05) is 18.0 Å². The van der Waals surface area contributed by atoms with E-state index in [4.69, 9.17) is 0 Å². The number of piperidine rings is 1. The highest BCUT2D eigenvalue weighted by molar-refractivity contribution is 9.10. The van der Waals surface area contributed by atoms with Crippen molar-refractivity contribution in [3.8, 4) is 0 Å². The molecule has 0 aliphatic carbocycles. The SMILES string of the molecule is C[C@@H](O)c1ccc(N2CCCC(C)(C)C2)c(Br)c1. The van der Waals surface area contributed by atoms with Crippen LogP contribution in [-0.2, 0) is 0 Å². The first-order valence-corrected chi connectivity index (χ1v) is 7.41. The first kappa shape index (κ1) is 13.9. The molecule has 3 heteroatoms. The summed E-state index contributed by atoms with van der Waals surface area (Å²) in [6, 6.07) is 6.17. The van der Waals surface area contributed by atoms with Gasteiger partial charge in [0.25, 0.3) is 0 Å². The van der Waals surface area contributed by atoms with E-state index in [1.165, 1.54) is 18.5 Å². The Bertz CT molecular complexity index is 429. The van der Waals surface area contributed by atoms with Crippen LogP contribution >= 0.6 is 15.9 Å². The minimum Gasteiger partial charge on any atom is -0.389 e. The smallest absolute Gasteiger partial charge is 0.0762 e.